The van der Waals surface area contributed by atoms with E-state index in [2.05, 4.69) is 5.32 Å². The summed E-state index contributed by atoms with van der Waals surface area (Å²) >= 11 is 0. The first-order valence-electron chi connectivity index (χ1n) is 10.1. The van der Waals surface area contributed by atoms with Crippen molar-refractivity contribution in [2.45, 2.75) is 32.3 Å². The van der Waals surface area contributed by atoms with Crippen molar-refractivity contribution in [2.75, 3.05) is 30.3 Å². The van der Waals surface area contributed by atoms with E-state index in [9.17, 15) is 13.2 Å². The lowest BCUT2D eigenvalue weighted by Crippen LogP contribution is -2.41. The molecule has 7 nitrogen and oxygen atoms in total. The number of fused-ring (bicyclic) bond motifs is 1. The topological polar surface area (TPSA) is 84.9 Å². The lowest BCUT2D eigenvalue weighted by Gasteiger charge is -2.26. The van der Waals surface area contributed by atoms with Crippen LogP contribution in [0.4, 0.5) is 5.69 Å². The SMILES string of the molecule is CCc1ccc(N(CCCC(=O)NC[C@@H]2COc3ccccc3O2)S(C)(=O)=O)cc1. The predicted octanol–water partition coefficient (Wildman–Crippen LogP) is 2.75. The maximum absolute atomic E-state index is 12.2. The van der Waals surface area contributed by atoms with Gasteiger partial charge in [-0.15, -0.1) is 0 Å². The van der Waals surface area contributed by atoms with Gasteiger partial charge in [0, 0.05) is 13.0 Å². The zero-order valence-corrected chi connectivity index (χ0v) is 18.2. The number of nitrogens with one attached hydrogen (secondary N) is 1. The molecule has 0 bridgehead atoms. The quantitative estimate of drug-likeness (QED) is 0.659. The minimum Gasteiger partial charge on any atom is -0.486 e. The fourth-order valence-electron chi connectivity index (χ4n) is 3.25. The highest BCUT2D eigenvalue weighted by atomic mass is 32.2. The highest BCUT2D eigenvalue weighted by Gasteiger charge is 2.21. The Hall–Kier alpha value is -2.74. The van der Waals surface area contributed by atoms with E-state index in [1.54, 1.807) is 12.1 Å². The zero-order chi connectivity index (χ0) is 21.6. The Bertz CT molecular complexity index is 960. The molecule has 0 fully saturated rings. The summed E-state index contributed by atoms with van der Waals surface area (Å²) in [4.78, 5) is 12.2. The highest BCUT2D eigenvalue weighted by Crippen LogP contribution is 2.30. The standard InChI is InChI=1S/C22H28N2O5S/c1-3-17-10-12-18(13-11-17)24(30(2,26)27)14-6-9-22(25)23-15-19-16-28-20-7-4-5-8-21(20)29-19/h4-5,7-8,10-13,19H,3,6,9,14-16H2,1-2H3,(H,23,25)/t19-/m1/s1. The number of aryl methyl sites for hydroxylation is 1. The smallest absolute Gasteiger partial charge is 0.232 e. The van der Waals surface area contributed by atoms with Crippen LogP contribution in [-0.2, 0) is 21.2 Å². The average Bonchev–Trinajstić information content (AvgIpc) is 2.74. The van der Waals surface area contributed by atoms with Crippen LogP contribution in [0.1, 0.15) is 25.3 Å². The Morgan fingerprint density at radius 1 is 1.13 bits per heavy atom. The molecular formula is C22H28N2O5S. The molecule has 0 radical (unpaired) electrons. The van der Waals surface area contributed by atoms with Gasteiger partial charge in [0.2, 0.25) is 15.9 Å². The van der Waals surface area contributed by atoms with Crippen LogP contribution in [0.25, 0.3) is 0 Å². The maximum atomic E-state index is 12.2. The van der Waals surface area contributed by atoms with Gasteiger partial charge < -0.3 is 14.8 Å². The van der Waals surface area contributed by atoms with Crippen molar-refractivity contribution in [3.8, 4) is 11.5 Å². The molecule has 0 saturated heterocycles. The van der Waals surface area contributed by atoms with E-state index in [1.807, 2.05) is 43.3 Å². The molecule has 0 unspecified atom stereocenters. The molecule has 0 aliphatic carbocycles. The predicted molar refractivity (Wildman–Crippen MR) is 117 cm³/mol. The molecule has 162 valence electrons. The van der Waals surface area contributed by atoms with Gasteiger partial charge in [0.05, 0.1) is 18.5 Å². The molecule has 1 amide bonds. The largest absolute Gasteiger partial charge is 0.486 e. The second-order valence-electron chi connectivity index (χ2n) is 7.26. The summed E-state index contributed by atoms with van der Waals surface area (Å²) in [5.41, 5.74) is 1.75. The second kappa shape index (κ2) is 9.84. The van der Waals surface area contributed by atoms with Gasteiger partial charge in [-0.2, -0.15) is 0 Å². The Labute approximate surface area is 178 Å². The van der Waals surface area contributed by atoms with Crippen molar-refractivity contribution in [1.29, 1.82) is 0 Å². The van der Waals surface area contributed by atoms with Crippen molar-refractivity contribution in [2.24, 2.45) is 0 Å². The molecule has 2 aromatic carbocycles. The first-order chi connectivity index (χ1) is 14.4. The van der Waals surface area contributed by atoms with Crippen molar-refractivity contribution >= 4 is 21.6 Å². The maximum Gasteiger partial charge on any atom is 0.232 e. The van der Waals surface area contributed by atoms with Crippen molar-refractivity contribution in [1.82, 2.24) is 5.32 Å². The third-order valence-corrected chi connectivity index (χ3v) is 6.09. The Kier molecular flexibility index (Phi) is 7.20. The fraction of sp³-hybridized carbons (Fsp3) is 0.409. The van der Waals surface area contributed by atoms with Gasteiger partial charge in [-0.3, -0.25) is 9.10 Å². The van der Waals surface area contributed by atoms with Crippen molar-refractivity contribution in [3.05, 3.63) is 54.1 Å². The molecular weight excluding hydrogens is 404 g/mol. The van der Waals surface area contributed by atoms with Crippen LogP contribution in [0.5, 0.6) is 11.5 Å². The molecule has 1 aliphatic heterocycles. The number of benzene rings is 2. The summed E-state index contributed by atoms with van der Waals surface area (Å²) in [6, 6.07) is 14.9. The van der Waals surface area contributed by atoms with Crippen molar-refractivity contribution in [3.63, 3.8) is 0 Å². The first-order valence-corrected chi connectivity index (χ1v) is 11.9. The number of hydrogen-bond acceptors (Lipinski definition) is 5. The Balaban J connectivity index is 1.46. The number of ether oxygens (including phenoxy) is 2. The molecule has 1 N–H and O–H groups in total. The van der Waals surface area contributed by atoms with Gasteiger partial charge in [0.15, 0.2) is 11.5 Å². The van der Waals surface area contributed by atoms with Crippen LogP contribution in [0.15, 0.2) is 48.5 Å². The first kappa shape index (κ1) is 22.0. The van der Waals surface area contributed by atoms with Gasteiger partial charge >= 0.3 is 0 Å². The summed E-state index contributed by atoms with van der Waals surface area (Å²) in [7, 11) is -3.43. The van der Waals surface area contributed by atoms with E-state index >= 15 is 0 Å². The number of anilines is 1. The number of amides is 1. The highest BCUT2D eigenvalue weighted by molar-refractivity contribution is 7.92. The molecule has 0 saturated carbocycles. The molecule has 1 atom stereocenters. The zero-order valence-electron chi connectivity index (χ0n) is 17.3. The number of sulfonamides is 1. The number of carbonyl (C=O) groups is 1. The summed E-state index contributed by atoms with van der Waals surface area (Å²) in [6.07, 6.45) is 2.45. The molecule has 8 heteroatoms. The van der Waals surface area contributed by atoms with Gasteiger partial charge in [-0.25, -0.2) is 8.42 Å². The monoisotopic (exact) mass is 432 g/mol. The van der Waals surface area contributed by atoms with E-state index in [-0.39, 0.29) is 25.0 Å². The van der Waals surface area contributed by atoms with Crippen LogP contribution < -0.4 is 19.1 Å². The number of rotatable bonds is 9. The molecule has 30 heavy (non-hydrogen) atoms. The van der Waals surface area contributed by atoms with Crippen LogP contribution in [-0.4, -0.2) is 46.4 Å². The molecule has 1 heterocycles. The lowest BCUT2D eigenvalue weighted by molar-refractivity contribution is -0.121. The van der Waals surface area contributed by atoms with Crippen LogP contribution in [0.2, 0.25) is 0 Å². The van der Waals surface area contributed by atoms with Gasteiger partial charge in [0.25, 0.3) is 0 Å². The van der Waals surface area contributed by atoms with E-state index < -0.39 is 10.0 Å². The van der Waals surface area contributed by atoms with Crippen LogP contribution in [0, 0.1) is 0 Å². The second-order valence-corrected chi connectivity index (χ2v) is 9.17. The summed E-state index contributed by atoms with van der Waals surface area (Å²) in [5, 5.41) is 2.84. The molecule has 2 aromatic rings. The normalized spacial score (nSPS) is 15.5. The minimum atomic E-state index is -3.43. The fourth-order valence-corrected chi connectivity index (χ4v) is 4.21. The average molecular weight is 433 g/mol. The number of hydrogen-bond donors (Lipinski definition) is 1. The van der Waals surface area contributed by atoms with Gasteiger partial charge in [-0.1, -0.05) is 31.2 Å². The van der Waals surface area contributed by atoms with E-state index in [4.69, 9.17) is 9.47 Å². The Morgan fingerprint density at radius 3 is 2.50 bits per heavy atom. The number of para-hydroxylation sites is 2. The minimum absolute atomic E-state index is 0.146. The summed E-state index contributed by atoms with van der Waals surface area (Å²) in [6.45, 7) is 2.99. The summed E-state index contributed by atoms with van der Waals surface area (Å²) < 4.78 is 37.2. The van der Waals surface area contributed by atoms with E-state index in [0.717, 1.165) is 12.0 Å². The molecule has 1 aliphatic rings. The number of nitrogens with zero attached hydrogens (tertiary/aromatic N) is 1. The molecule has 3 rings (SSSR count). The third kappa shape index (κ3) is 5.89. The van der Waals surface area contributed by atoms with Gasteiger partial charge in [-0.05, 0) is 42.7 Å². The van der Waals surface area contributed by atoms with E-state index in [0.29, 0.717) is 36.8 Å². The lowest BCUT2D eigenvalue weighted by atomic mass is 10.1. The molecule has 0 aromatic heterocycles. The third-order valence-electron chi connectivity index (χ3n) is 4.89. The Morgan fingerprint density at radius 2 is 1.83 bits per heavy atom. The number of carbonyl (C=O) groups excluding carboxylic acids is 1. The van der Waals surface area contributed by atoms with Gasteiger partial charge in [0.1, 0.15) is 12.7 Å². The van der Waals surface area contributed by atoms with E-state index in [1.165, 1.54) is 10.6 Å². The van der Waals surface area contributed by atoms with Crippen LogP contribution in [0.3, 0.4) is 0 Å². The van der Waals surface area contributed by atoms with Crippen LogP contribution >= 0.6 is 0 Å². The van der Waals surface area contributed by atoms with Crippen molar-refractivity contribution < 1.29 is 22.7 Å². The summed E-state index contributed by atoms with van der Waals surface area (Å²) in [5.74, 6) is 1.22. The molecule has 0 spiro atoms.